The number of amides is 1. The normalized spacial score (nSPS) is 17.5. The van der Waals surface area contributed by atoms with Crippen molar-refractivity contribution in [2.24, 2.45) is 0 Å². The monoisotopic (exact) mass is 391 g/mol. The van der Waals surface area contributed by atoms with E-state index in [1.807, 2.05) is 34.9 Å². The number of ether oxygens (including phenoxy) is 2. The largest absolute Gasteiger partial charge is 0.493 e. The zero-order valence-electron chi connectivity index (χ0n) is 14.9. The minimum Gasteiger partial charge on any atom is -0.493 e. The van der Waals surface area contributed by atoms with Gasteiger partial charge in [0.2, 0.25) is 0 Å². The van der Waals surface area contributed by atoms with E-state index in [9.17, 15) is 4.79 Å². The molecule has 3 rings (SSSR count). The summed E-state index contributed by atoms with van der Waals surface area (Å²) in [6, 6.07) is 13.3. The number of hydrogen-bond acceptors (Lipinski definition) is 4. The minimum atomic E-state index is 0.0198. The van der Waals surface area contributed by atoms with E-state index in [1.165, 1.54) is 0 Å². The fourth-order valence-corrected chi connectivity index (χ4v) is 4.71. The topological polar surface area (TPSA) is 38.8 Å². The summed E-state index contributed by atoms with van der Waals surface area (Å²) in [5.41, 5.74) is 1.77. The zero-order valence-corrected chi connectivity index (χ0v) is 16.5. The molecule has 0 spiro atoms. The number of thioether (sulfide) groups is 1. The summed E-state index contributed by atoms with van der Waals surface area (Å²) < 4.78 is 10.6. The maximum absolute atomic E-state index is 12.9. The number of halogens is 1. The van der Waals surface area contributed by atoms with Crippen molar-refractivity contribution in [3.8, 4) is 11.5 Å². The van der Waals surface area contributed by atoms with Gasteiger partial charge in [-0.05, 0) is 36.2 Å². The maximum Gasteiger partial charge on any atom is 0.254 e. The lowest BCUT2D eigenvalue weighted by Crippen LogP contribution is -2.33. The molecule has 1 unspecified atom stereocenters. The zero-order chi connectivity index (χ0) is 18.5. The van der Waals surface area contributed by atoms with Crippen LogP contribution in [-0.4, -0.2) is 43.9 Å². The Bertz CT molecular complexity index is 783. The van der Waals surface area contributed by atoms with Gasteiger partial charge < -0.3 is 14.4 Å². The number of rotatable bonds is 4. The van der Waals surface area contributed by atoms with Crippen LogP contribution in [0.5, 0.6) is 11.5 Å². The van der Waals surface area contributed by atoms with Crippen LogP contribution in [0.25, 0.3) is 0 Å². The van der Waals surface area contributed by atoms with E-state index in [1.54, 1.807) is 32.4 Å². The lowest BCUT2D eigenvalue weighted by atomic mass is 10.1. The molecular weight excluding hydrogens is 370 g/mol. The van der Waals surface area contributed by atoms with E-state index in [0.717, 1.165) is 29.3 Å². The van der Waals surface area contributed by atoms with Gasteiger partial charge in [-0.3, -0.25) is 4.79 Å². The van der Waals surface area contributed by atoms with Crippen LogP contribution in [0, 0.1) is 0 Å². The summed E-state index contributed by atoms with van der Waals surface area (Å²) in [5.74, 6) is 2.09. The van der Waals surface area contributed by atoms with Crippen molar-refractivity contribution in [1.29, 1.82) is 0 Å². The highest BCUT2D eigenvalue weighted by Crippen LogP contribution is 2.38. The molecule has 4 nitrogen and oxygen atoms in total. The van der Waals surface area contributed by atoms with Gasteiger partial charge in [-0.15, -0.1) is 0 Å². The van der Waals surface area contributed by atoms with Gasteiger partial charge in [0, 0.05) is 34.7 Å². The first-order valence-electron chi connectivity index (χ1n) is 8.51. The molecule has 0 saturated carbocycles. The van der Waals surface area contributed by atoms with Crippen molar-refractivity contribution in [1.82, 2.24) is 4.90 Å². The van der Waals surface area contributed by atoms with Crippen LogP contribution in [0.1, 0.15) is 27.6 Å². The Morgan fingerprint density at radius 1 is 1.12 bits per heavy atom. The Kier molecular flexibility index (Phi) is 6.33. The molecule has 0 aliphatic carbocycles. The molecule has 2 aromatic carbocycles. The lowest BCUT2D eigenvalue weighted by Gasteiger charge is -2.21. The maximum atomic E-state index is 12.9. The third-order valence-electron chi connectivity index (χ3n) is 4.51. The highest BCUT2D eigenvalue weighted by atomic mass is 35.5. The molecule has 0 bridgehead atoms. The van der Waals surface area contributed by atoms with Gasteiger partial charge in [0.25, 0.3) is 5.91 Å². The van der Waals surface area contributed by atoms with E-state index in [-0.39, 0.29) is 5.91 Å². The number of nitrogens with zero attached hydrogens (tertiary/aromatic N) is 1. The van der Waals surface area contributed by atoms with Gasteiger partial charge >= 0.3 is 0 Å². The van der Waals surface area contributed by atoms with Crippen molar-refractivity contribution in [3.63, 3.8) is 0 Å². The number of carbonyl (C=O) groups is 1. The van der Waals surface area contributed by atoms with Gasteiger partial charge in [-0.25, -0.2) is 0 Å². The quantitative estimate of drug-likeness (QED) is 0.758. The molecule has 1 fully saturated rings. The van der Waals surface area contributed by atoms with Gasteiger partial charge in [-0.2, -0.15) is 11.8 Å². The summed E-state index contributed by atoms with van der Waals surface area (Å²) in [6.07, 6.45) is 0.882. The first kappa shape index (κ1) is 18.9. The van der Waals surface area contributed by atoms with E-state index in [2.05, 4.69) is 6.07 Å². The predicted octanol–water partition coefficient (Wildman–Crippen LogP) is 4.68. The van der Waals surface area contributed by atoms with Crippen LogP contribution < -0.4 is 9.47 Å². The molecule has 26 heavy (non-hydrogen) atoms. The Morgan fingerprint density at radius 2 is 1.88 bits per heavy atom. The van der Waals surface area contributed by atoms with E-state index >= 15 is 0 Å². The molecule has 0 N–H and O–H groups in total. The molecule has 1 saturated heterocycles. The fourth-order valence-electron chi connectivity index (χ4n) is 3.11. The van der Waals surface area contributed by atoms with Crippen molar-refractivity contribution in [2.45, 2.75) is 11.7 Å². The number of methoxy groups -OCH3 is 2. The van der Waals surface area contributed by atoms with Gasteiger partial charge in [0.1, 0.15) is 0 Å². The first-order valence-corrected chi connectivity index (χ1v) is 9.94. The molecule has 6 heteroatoms. The van der Waals surface area contributed by atoms with Crippen LogP contribution in [-0.2, 0) is 0 Å². The second-order valence-electron chi connectivity index (χ2n) is 6.03. The summed E-state index contributed by atoms with van der Waals surface area (Å²) in [6.45, 7) is 1.43. The van der Waals surface area contributed by atoms with E-state index in [4.69, 9.17) is 21.1 Å². The van der Waals surface area contributed by atoms with E-state index < -0.39 is 0 Å². The third kappa shape index (κ3) is 4.10. The minimum absolute atomic E-state index is 0.0198. The Hall–Kier alpha value is -1.85. The molecule has 1 aliphatic heterocycles. The van der Waals surface area contributed by atoms with Crippen LogP contribution in [0.2, 0.25) is 5.02 Å². The average molecular weight is 392 g/mol. The summed E-state index contributed by atoms with van der Waals surface area (Å²) in [5, 5.41) is 1.11. The van der Waals surface area contributed by atoms with Gasteiger partial charge in [0.15, 0.2) is 11.5 Å². The fraction of sp³-hybridized carbons (Fsp3) is 0.350. The van der Waals surface area contributed by atoms with Gasteiger partial charge in [0.05, 0.1) is 14.2 Å². The highest BCUT2D eigenvalue weighted by molar-refractivity contribution is 7.99. The summed E-state index contributed by atoms with van der Waals surface area (Å²) >= 11 is 8.21. The average Bonchev–Trinajstić information content (AvgIpc) is 2.93. The lowest BCUT2D eigenvalue weighted by molar-refractivity contribution is 0.0766. The molecule has 1 atom stereocenters. The molecule has 0 radical (unpaired) electrons. The van der Waals surface area contributed by atoms with E-state index in [0.29, 0.717) is 28.9 Å². The molecule has 1 aliphatic rings. The number of benzene rings is 2. The number of carbonyl (C=O) groups excluding carboxylic acids is 1. The number of hydrogen-bond donors (Lipinski definition) is 0. The molecule has 0 aromatic heterocycles. The van der Waals surface area contributed by atoms with Crippen LogP contribution in [0.15, 0.2) is 42.5 Å². The molecule has 1 heterocycles. The SMILES string of the molecule is COc1ccc(C(=O)N2CCSC(c3ccccc3Cl)CC2)cc1OC. The predicted molar refractivity (Wildman–Crippen MR) is 107 cm³/mol. The third-order valence-corrected chi connectivity index (χ3v) is 6.17. The Labute approximate surface area is 163 Å². The first-order chi connectivity index (χ1) is 12.6. The highest BCUT2D eigenvalue weighted by Gasteiger charge is 2.24. The molecule has 2 aromatic rings. The van der Waals surface area contributed by atoms with Crippen LogP contribution in [0.4, 0.5) is 0 Å². The summed E-state index contributed by atoms with van der Waals surface area (Å²) in [4.78, 5) is 14.8. The second kappa shape index (κ2) is 8.69. The van der Waals surface area contributed by atoms with Crippen molar-refractivity contribution in [3.05, 3.63) is 58.6 Å². The van der Waals surface area contributed by atoms with Crippen LogP contribution >= 0.6 is 23.4 Å². The standard InChI is InChI=1S/C20H22ClNO3S/c1-24-17-8-7-14(13-18(17)25-2)20(23)22-10-9-19(26-12-11-22)15-5-3-4-6-16(15)21/h3-8,13,19H,9-12H2,1-2H3. The van der Waals surface area contributed by atoms with Crippen molar-refractivity contribution >= 4 is 29.3 Å². The smallest absolute Gasteiger partial charge is 0.254 e. The van der Waals surface area contributed by atoms with Crippen LogP contribution in [0.3, 0.4) is 0 Å². The van der Waals surface area contributed by atoms with Gasteiger partial charge in [-0.1, -0.05) is 29.8 Å². The molecular formula is C20H22ClNO3S. The molecule has 138 valence electrons. The molecule has 1 amide bonds. The second-order valence-corrected chi connectivity index (χ2v) is 7.75. The summed E-state index contributed by atoms with van der Waals surface area (Å²) in [7, 11) is 3.16. The Morgan fingerprint density at radius 3 is 2.62 bits per heavy atom. The van der Waals surface area contributed by atoms with Crippen molar-refractivity contribution < 1.29 is 14.3 Å². The van der Waals surface area contributed by atoms with Crippen molar-refractivity contribution in [2.75, 3.05) is 33.1 Å². The Balaban J connectivity index is 1.73.